The van der Waals surface area contributed by atoms with Crippen molar-refractivity contribution in [2.24, 2.45) is 5.92 Å². The number of esters is 1. The lowest BCUT2D eigenvalue weighted by Gasteiger charge is -2.35. The third-order valence-electron chi connectivity index (χ3n) is 5.54. The first kappa shape index (κ1) is 29.3. The van der Waals surface area contributed by atoms with Gasteiger partial charge in [0.05, 0.1) is 13.0 Å². The molecule has 3 amide bonds. The molecule has 4 atom stereocenters. The summed E-state index contributed by atoms with van der Waals surface area (Å²) in [5.41, 5.74) is -0.537. The van der Waals surface area contributed by atoms with Crippen LogP contribution in [-0.2, 0) is 23.9 Å². The Balaban J connectivity index is 2.36. The van der Waals surface area contributed by atoms with Gasteiger partial charge in [0.15, 0.2) is 0 Å². The van der Waals surface area contributed by atoms with Gasteiger partial charge in [0.1, 0.15) is 23.4 Å². The summed E-state index contributed by atoms with van der Waals surface area (Å²) < 4.78 is 10.2. The first-order valence-corrected chi connectivity index (χ1v) is 12.7. The van der Waals surface area contributed by atoms with Crippen LogP contribution < -0.4 is 10.6 Å². The average molecular weight is 524 g/mol. The number of hydrogen-bond donors (Lipinski definition) is 4. The van der Waals surface area contributed by atoms with Gasteiger partial charge in [0, 0.05) is 23.9 Å². The van der Waals surface area contributed by atoms with Gasteiger partial charge in [-0.3, -0.25) is 14.4 Å². The number of thiol groups is 1. The molecule has 0 radical (unpaired) electrons. The summed E-state index contributed by atoms with van der Waals surface area (Å²) in [4.78, 5) is 52.7. The van der Waals surface area contributed by atoms with E-state index in [-0.39, 0.29) is 48.6 Å². The van der Waals surface area contributed by atoms with Gasteiger partial charge in [-0.15, -0.1) is 0 Å². The number of rotatable bonds is 11. The maximum absolute atomic E-state index is 13.8. The smallest absolute Gasteiger partial charge is 0.408 e. The van der Waals surface area contributed by atoms with Gasteiger partial charge in [-0.1, -0.05) is 25.1 Å². The number of phenolic OH excluding ortho intramolecular Hbond substituents is 1. The van der Waals surface area contributed by atoms with Crippen molar-refractivity contribution in [3.63, 3.8) is 0 Å². The van der Waals surface area contributed by atoms with E-state index in [1.807, 2.05) is 6.92 Å². The molecule has 1 fully saturated rings. The largest absolute Gasteiger partial charge is 0.508 e. The van der Waals surface area contributed by atoms with Crippen LogP contribution in [0, 0.1) is 5.92 Å². The van der Waals surface area contributed by atoms with Crippen LogP contribution in [0.3, 0.4) is 0 Å². The number of carbonyl (C=O) groups excluding carboxylic acids is 4. The summed E-state index contributed by atoms with van der Waals surface area (Å²) in [6.45, 7) is 8.98. The van der Waals surface area contributed by atoms with Gasteiger partial charge in [-0.05, 0) is 46.1 Å². The molecule has 0 saturated heterocycles. The number of aromatic hydroxyl groups is 1. The maximum Gasteiger partial charge on any atom is 0.408 e. The molecule has 0 aliphatic heterocycles. The Bertz CT molecular complexity index is 950. The lowest BCUT2D eigenvalue weighted by molar-refractivity contribution is -0.144. The summed E-state index contributed by atoms with van der Waals surface area (Å²) in [7, 11) is 0. The van der Waals surface area contributed by atoms with Crippen LogP contribution in [0.4, 0.5) is 4.79 Å². The summed E-state index contributed by atoms with van der Waals surface area (Å²) in [5, 5.41) is 15.8. The van der Waals surface area contributed by atoms with Gasteiger partial charge in [0.2, 0.25) is 11.8 Å². The predicted octanol–water partition coefficient (Wildman–Crippen LogP) is 2.56. The molecule has 11 heteroatoms. The number of ether oxygens (including phenoxy) is 2. The summed E-state index contributed by atoms with van der Waals surface area (Å²) in [5.74, 6) is -1.64. The van der Waals surface area contributed by atoms with Crippen molar-refractivity contribution in [3.05, 3.63) is 29.8 Å². The van der Waals surface area contributed by atoms with Crippen LogP contribution in [0.15, 0.2) is 24.3 Å². The molecule has 1 aliphatic rings. The Labute approximate surface area is 217 Å². The van der Waals surface area contributed by atoms with Gasteiger partial charge >= 0.3 is 12.1 Å². The molecule has 1 aromatic carbocycles. The van der Waals surface area contributed by atoms with E-state index in [4.69, 9.17) is 9.47 Å². The van der Waals surface area contributed by atoms with Crippen molar-refractivity contribution in [1.82, 2.24) is 15.5 Å². The molecule has 2 rings (SSSR count). The Morgan fingerprint density at radius 1 is 1.22 bits per heavy atom. The van der Waals surface area contributed by atoms with E-state index in [9.17, 15) is 24.3 Å². The van der Waals surface area contributed by atoms with E-state index in [1.165, 1.54) is 11.0 Å². The number of benzene rings is 1. The van der Waals surface area contributed by atoms with E-state index >= 15 is 0 Å². The Morgan fingerprint density at radius 3 is 2.39 bits per heavy atom. The van der Waals surface area contributed by atoms with Crippen LogP contribution in [0.5, 0.6) is 5.75 Å². The van der Waals surface area contributed by atoms with Crippen molar-refractivity contribution in [1.29, 1.82) is 0 Å². The molecule has 0 spiro atoms. The minimum Gasteiger partial charge on any atom is -0.508 e. The molecule has 4 unspecified atom stereocenters. The van der Waals surface area contributed by atoms with Crippen molar-refractivity contribution in [3.8, 4) is 5.75 Å². The zero-order valence-electron chi connectivity index (χ0n) is 21.4. The fourth-order valence-electron chi connectivity index (χ4n) is 3.74. The van der Waals surface area contributed by atoms with Gasteiger partial charge < -0.3 is 30.1 Å². The predicted molar refractivity (Wildman–Crippen MR) is 137 cm³/mol. The number of phenols is 1. The monoisotopic (exact) mass is 523 g/mol. The summed E-state index contributed by atoms with van der Waals surface area (Å²) in [6, 6.07) is 3.71. The molecule has 1 aromatic rings. The lowest BCUT2D eigenvalue weighted by atomic mass is 10.0. The first-order valence-electron chi connectivity index (χ1n) is 12.0. The minimum absolute atomic E-state index is 0.00380. The second-order valence-corrected chi connectivity index (χ2v) is 10.1. The molecule has 0 heterocycles. The number of alkyl carbamates (subject to hydrolysis) is 1. The third-order valence-corrected chi connectivity index (χ3v) is 5.91. The van der Waals surface area contributed by atoms with E-state index in [0.29, 0.717) is 6.42 Å². The second kappa shape index (κ2) is 12.8. The molecule has 1 saturated carbocycles. The van der Waals surface area contributed by atoms with Crippen LogP contribution in [0.1, 0.15) is 59.1 Å². The highest BCUT2D eigenvalue weighted by molar-refractivity contribution is 7.80. The molecule has 10 nitrogen and oxygen atoms in total. The number of amides is 3. The fraction of sp³-hybridized carbons (Fsp3) is 0.600. The van der Waals surface area contributed by atoms with Crippen molar-refractivity contribution in [2.45, 2.75) is 71.2 Å². The quantitative estimate of drug-likeness (QED) is 0.259. The van der Waals surface area contributed by atoms with Gasteiger partial charge in [-0.2, -0.15) is 12.6 Å². The standard InChI is InChI=1S/C25H37N3O7S/c1-6-34-20(30)11-12-26-22(31)21(16-9-7-8-10-19(16)29)28(18-13-15(18)2)23(32)17(14-36)27-24(33)35-25(3,4)5/h7-10,15,17-18,21,29,36H,6,11-14H2,1-5H3,(H,26,31)(H,27,33). The third kappa shape index (κ3) is 8.32. The Hall–Kier alpha value is -2.95. The number of nitrogens with one attached hydrogen (secondary N) is 2. The van der Waals surface area contributed by atoms with Gasteiger partial charge in [0.25, 0.3) is 0 Å². The molecule has 200 valence electrons. The van der Waals surface area contributed by atoms with Crippen LogP contribution in [-0.4, -0.2) is 70.5 Å². The zero-order chi connectivity index (χ0) is 27.0. The molecular formula is C25H37N3O7S. The second-order valence-electron chi connectivity index (χ2n) is 9.71. The van der Waals surface area contributed by atoms with Gasteiger partial charge in [-0.25, -0.2) is 4.79 Å². The summed E-state index contributed by atoms with van der Waals surface area (Å²) >= 11 is 4.25. The van der Waals surface area contributed by atoms with Crippen LogP contribution in [0.25, 0.3) is 0 Å². The Morgan fingerprint density at radius 2 is 1.86 bits per heavy atom. The molecule has 0 bridgehead atoms. The SMILES string of the molecule is CCOC(=O)CCNC(=O)C(c1ccccc1O)N(C(=O)C(CS)NC(=O)OC(C)(C)C)C1CC1C. The van der Waals surface area contributed by atoms with Crippen molar-refractivity contribution < 1.29 is 33.8 Å². The number of carbonyl (C=O) groups is 4. The normalized spacial score (nSPS) is 18.4. The Kier molecular flexibility index (Phi) is 10.4. The highest BCUT2D eigenvalue weighted by Gasteiger charge is 2.48. The van der Waals surface area contributed by atoms with E-state index in [0.717, 1.165) is 0 Å². The van der Waals surface area contributed by atoms with Crippen molar-refractivity contribution in [2.75, 3.05) is 18.9 Å². The van der Waals surface area contributed by atoms with E-state index in [2.05, 4.69) is 23.3 Å². The summed E-state index contributed by atoms with van der Waals surface area (Å²) in [6.07, 6.45) is -0.172. The number of para-hydroxylation sites is 1. The zero-order valence-corrected chi connectivity index (χ0v) is 22.3. The van der Waals surface area contributed by atoms with Crippen LogP contribution >= 0.6 is 12.6 Å². The average Bonchev–Trinajstić information content (AvgIpc) is 3.50. The number of hydrogen-bond acceptors (Lipinski definition) is 8. The highest BCUT2D eigenvalue weighted by atomic mass is 32.1. The molecule has 36 heavy (non-hydrogen) atoms. The fourth-order valence-corrected chi connectivity index (χ4v) is 3.99. The van der Waals surface area contributed by atoms with Crippen LogP contribution in [0.2, 0.25) is 0 Å². The molecule has 3 N–H and O–H groups in total. The van der Waals surface area contributed by atoms with E-state index in [1.54, 1.807) is 45.9 Å². The molecule has 1 aliphatic carbocycles. The minimum atomic E-state index is -1.20. The number of nitrogens with zero attached hydrogens (tertiary/aromatic N) is 1. The maximum atomic E-state index is 13.8. The highest BCUT2D eigenvalue weighted by Crippen LogP contribution is 2.42. The molecular weight excluding hydrogens is 486 g/mol. The lowest BCUT2D eigenvalue weighted by Crippen LogP contribution is -2.54. The van der Waals surface area contributed by atoms with Crippen molar-refractivity contribution >= 4 is 36.5 Å². The topological polar surface area (TPSA) is 134 Å². The van der Waals surface area contributed by atoms with E-state index < -0.39 is 41.6 Å². The molecule has 0 aromatic heterocycles. The first-order chi connectivity index (χ1) is 16.9.